The Kier molecular flexibility index (Phi) is 9.93. The number of nitriles is 1. The Morgan fingerprint density at radius 1 is 1.28 bits per heavy atom. The molecule has 0 unspecified atom stereocenters. The highest BCUT2D eigenvalue weighted by Gasteiger charge is 2.32. The van der Waals surface area contributed by atoms with Gasteiger partial charge in [-0.2, -0.15) is 10.4 Å². The van der Waals surface area contributed by atoms with Crippen LogP contribution >= 0.6 is 24.8 Å². The summed E-state index contributed by atoms with van der Waals surface area (Å²) in [4.78, 5) is 19.3. The van der Waals surface area contributed by atoms with Crippen LogP contribution < -0.4 is 20.3 Å². The monoisotopic (exact) mass is 533 g/mol. The lowest BCUT2D eigenvalue weighted by atomic mass is 9.89. The van der Waals surface area contributed by atoms with Crippen LogP contribution in [0.3, 0.4) is 0 Å². The van der Waals surface area contributed by atoms with Crippen molar-refractivity contribution in [2.45, 2.75) is 45.2 Å². The summed E-state index contributed by atoms with van der Waals surface area (Å²) in [5.74, 6) is 1.61. The fraction of sp³-hybridized carbons (Fsp3) is 0.440. The van der Waals surface area contributed by atoms with Gasteiger partial charge in [-0.3, -0.25) is 4.79 Å². The number of anilines is 1. The van der Waals surface area contributed by atoms with E-state index in [4.69, 9.17) is 9.72 Å². The first-order valence-electron chi connectivity index (χ1n) is 11.6. The molecule has 3 aromatic rings. The van der Waals surface area contributed by atoms with Crippen molar-refractivity contribution >= 4 is 42.1 Å². The van der Waals surface area contributed by atoms with Gasteiger partial charge in [-0.05, 0) is 58.9 Å². The Morgan fingerprint density at radius 3 is 2.58 bits per heavy atom. The molecule has 3 aromatic heterocycles. The molecule has 0 radical (unpaired) electrons. The topological polar surface area (TPSA) is 108 Å². The number of likely N-dealkylation sites (N-methyl/N-ethyl adjacent to an activating group) is 1. The number of ether oxygens (including phenoxy) is 1. The Balaban J connectivity index is 0.00000228. The van der Waals surface area contributed by atoms with Crippen LogP contribution in [-0.2, 0) is 4.79 Å². The normalized spacial score (nSPS) is 15.2. The Hall–Kier alpha value is -3.06. The fourth-order valence-corrected chi connectivity index (χ4v) is 4.27. The summed E-state index contributed by atoms with van der Waals surface area (Å²) in [5.41, 5.74) is 2.77. The minimum absolute atomic E-state index is 0. The molecular weight excluding hydrogens is 501 g/mol. The third kappa shape index (κ3) is 6.01. The minimum Gasteiger partial charge on any atom is -0.492 e. The largest absolute Gasteiger partial charge is 0.492 e. The third-order valence-electron chi connectivity index (χ3n) is 6.52. The van der Waals surface area contributed by atoms with Crippen molar-refractivity contribution in [2.75, 3.05) is 31.6 Å². The van der Waals surface area contributed by atoms with Gasteiger partial charge in [0.05, 0.1) is 36.1 Å². The summed E-state index contributed by atoms with van der Waals surface area (Å²) in [6.07, 6.45) is 6.87. The van der Waals surface area contributed by atoms with Gasteiger partial charge in [0.2, 0.25) is 5.91 Å². The van der Waals surface area contributed by atoms with E-state index >= 15 is 0 Å². The molecule has 0 bridgehead atoms. The first kappa shape index (κ1) is 29.2. The predicted octanol–water partition coefficient (Wildman–Crippen LogP) is 3.59. The van der Waals surface area contributed by atoms with E-state index in [0.29, 0.717) is 17.9 Å². The predicted molar refractivity (Wildman–Crippen MR) is 145 cm³/mol. The summed E-state index contributed by atoms with van der Waals surface area (Å²) in [7, 11) is 1.79. The SMILES string of the molecule is CCOc1cc(-c2ccc(N3CCC(C)(NC(=O)[C@H](C)NC)CC3)nc2)c2c(C#N)cnn2c1.Cl.Cl. The average Bonchev–Trinajstić information content (AvgIpc) is 3.27. The van der Waals surface area contributed by atoms with E-state index in [1.165, 1.54) is 0 Å². The van der Waals surface area contributed by atoms with Crippen LogP contribution in [0.2, 0.25) is 0 Å². The lowest BCUT2D eigenvalue weighted by Gasteiger charge is -2.41. The van der Waals surface area contributed by atoms with Gasteiger partial charge in [0, 0.05) is 36.0 Å². The number of piperidine rings is 1. The van der Waals surface area contributed by atoms with Crippen LogP contribution in [0.15, 0.2) is 36.8 Å². The number of hydrogen-bond donors (Lipinski definition) is 2. The lowest BCUT2D eigenvalue weighted by Crippen LogP contribution is -2.56. The van der Waals surface area contributed by atoms with E-state index in [1.54, 1.807) is 24.0 Å². The quantitative estimate of drug-likeness (QED) is 0.477. The van der Waals surface area contributed by atoms with E-state index in [2.05, 4.69) is 33.6 Å². The molecule has 1 aliphatic heterocycles. The molecule has 1 amide bonds. The molecule has 1 aliphatic rings. The summed E-state index contributed by atoms with van der Waals surface area (Å²) in [6, 6.07) is 7.96. The molecule has 1 saturated heterocycles. The van der Waals surface area contributed by atoms with Crippen molar-refractivity contribution in [3.8, 4) is 22.9 Å². The Labute approximate surface area is 224 Å². The molecule has 4 heterocycles. The van der Waals surface area contributed by atoms with Crippen molar-refractivity contribution in [1.82, 2.24) is 25.2 Å². The molecule has 194 valence electrons. The number of amides is 1. The number of halogens is 2. The molecule has 0 aromatic carbocycles. The molecule has 0 aliphatic carbocycles. The van der Waals surface area contributed by atoms with Crippen molar-refractivity contribution < 1.29 is 9.53 Å². The molecule has 0 spiro atoms. The number of rotatable bonds is 7. The number of carbonyl (C=O) groups excluding carboxylic acids is 1. The molecular formula is C25H33Cl2N7O2. The van der Waals surface area contributed by atoms with Crippen molar-refractivity contribution in [3.63, 3.8) is 0 Å². The third-order valence-corrected chi connectivity index (χ3v) is 6.52. The molecule has 1 fully saturated rings. The van der Waals surface area contributed by atoms with Gasteiger partial charge in [0.15, 0.2) is 0 Å². The number of pyridine rings is 2. The highest BCUT2D eigenvalue weighted by molar-refractivity contribution is 5.86. The first-order chi connectivity index (χ1) is 16.4. The number of nitrogens with zero attached hydrogens (tertiary/aromatic N) is 5. The van der Waals surface area contributed by atoms with Crippen LogP contribution in [0.5, 0.6) is 5.75 Å². The molecule has 9 nitrogen and oxygen atoms in total. The van der Waals surface area contributed by atoms with Gasteiger partial charge >= 0.3 is 0 Å². The second-order valence-electron chi connectivity index (χ2n) is 8.94. The summed E-state index contributed by atoms with van der Waals surface area (Å²) >= 11 is 0. The Morgan fingerprint density at radius 2 is 2.00 bits per heavy atom. The van der Waals surface area contributed by atoms with Gasteiger partial charge in [0.25, 0.3) is 0 Å². The number of hydrogen-bond acceptors (Lipinski definition) is 7. The zero-order valence-electron chi connectivity index (χ0n) is 20.9. The number of aromatic nitrogens is 3. The van der Waals surface area contributed by atoms with Gasteiger partial charge in [-0.15, -0.1) is 24.8 Å². The van der Waals surface area contributed by atoms with Crippen LogP contribution in [0, 0.1) is 11.3 Å². The van der Waals surface area contributed by atoms with Gasteiger partial charge in [0.1, 0.15) is 17.6 Å². The zero-order chi connectivity index (χ0) is 24.3. The molecule has 11 heteroatoms. The first-order valence-corrected chi connectivity index (χ1v) is 11.6. The summed E-state index contributed by atoms with van der Waals surface area (Å²) in [5, 5.41) is 20.0. The smallest absolute Gasteiger partial charge is 0.237 e. The van der Waals surface area contributed by atoms with E-state index < -0.39 is 0 Å². The number of carbonyl (C=O) groups is 1. The van der Waals surface area contributed by atoms with Gasteiger partial charge in [-0.25, -0.2) is 9.50 Å². The maximum Gasteiger partial charge on any atom is 0.237 e. The average molecular weight is 534 g/mol. The number of fused-ring (bicyclic) bond motifs is 1. The van der Waals surface area contributed by atoms with Crippen LogP contribution in [0.4, 0.5) is 5.82 Å². The standard InChI is InChI=1S/C25H31N7O2.2ClH/c1-5-34-20-12-21(23-19(13-26)15-29-32(23)16-20)18-6-7-22(28-14-18)31-10-8-25(3,9-11-31)30-24(33)17(2)27-4;;/h6-7,12,14-17,27H,5,8-11H2,1-4H3,(H,30,33);2*1H/t17-;;/m0../s1. The van der Waals surface area contributed by atoms with Gasteiger partial charge < -0.3 is 20.3 Å². The van der Waals surface area contributed by atoms with E-state index in [-0.39, 0.29) is 42.3 Å². The second-order valence-corrected chi connectivity index (χ2v) is 8.94. The van der Waals surface area contributed by atoms with E-state index in [0.717, 1.165) is 48.4 Å². The summed E-state index contributed by atoms with van der Waals surface area (Å²) in [6.45, 7) is 8.05. The fourth-order valence-electron chi connectivity index (χ4n) is 4.27. The van der Waals surface area contributed by atoms with E-state index in [1.807, 2.05) is 38.2 Å². The second kappa shape index (κ2) is 12.3. The van der Waals surface area contributed by atoms with Crippen LogP contribution in [0.1, 0.15) is 39.2 Å². The molecule has 1 atom stereocenters. The highest BCUT2D eigenvalue weighted by Crippen LogP contribution is 2.32. The van der Waals surface area contributed by atoms with Crippen LogP contribution in [0.25, 0.3) is 16.6 Å². The highest BCUT2D eigenvalue weighted by atomic mass is 35.5. The minimum atomic E-state index is -0.223. The maximum absolute atomic E-state index is 12.3. The van der Waals surface area contributed by atoms with Crippen molar-refractivity contribution in [3.05, 3.63) is 42.4 Å². The molecule has 2 N–H and O–H groups in total. The van der Waals surface area contributed by atoms with Gasteiger partial charge in [-0.1, -0.05) is 0 Å². The van der Waals surface area contributed by atoms with Crippen LogP contribution in [-0.4, -0.2) is 58.8 Å². The molecule has 36 heavy (non-hydrogen) atoms. The summed E-state index contributed by atoms with van der Waals surface area (Å²) < 4.78 is 7.38. The van der Waals surface area contributed by atoms with Crippen molar-refractivity contribution in [1.29, 1.82) is 5.26 Å². The van der Waals surface area contributed by atoms with E-state index in [9.17, 15) is 10.1 Å². The molecule has 4 rings (SSSR count). The maximum atomic E-state index is 12.3. The zero-order valence-corrected chi connectivity index (χ0v) is 22.6. The van der Waals surface area contributed by atoms with Crippen molar-refractivity contribution in [2.24, 2.45) is 0 Å². The molecule has 0 saturated carbocycles. The Bertz CT molecular complexity index is 1220. The lowest BCUT2D eigenvalue weighted by molar-refractivity contribution is -0.124. The number of nitrogens with one attached hydrogen (secondary N) is 2.